The van der Waals surface area contributed by atoms with E-state index in [1.807, 2.05) is 6.08 Å². The Labute approximate surface area is 320 Å². The highest BCUT2D eigenvalue weighted by Gasteiger charge is 2.25. The van der Waals surface area contributed by atoms with Gasteiger partial charge in [0.15, 0.2) is 6.10 Å². The molecule has 298 valence electrons. The van der Waals surface area contributed by atoms with E-state index in [9.17, 15) is 19.0 Å². The lowest BCUT2D eigenvalue weighted by Crippen LogP contribution is -2.29. The van der Waals surface area contributed by atoms with Crippen LogP contribution in [0.1, 0.15) is 117 Å². The van der Waals surface area contributed by atoms with Gasteiger partial charge in [0.2, 0.25) is 0 Å². The maximum absolute atomic E-state index is 12.5. The topological polar surface area (TPSA) is 134 Å². The number of nitrogens with two attached hydrogens (primary N) is 1. The van der Waals surface area contributed by atoms with Crippen molar-refractivity contribution in [3.63, 3.8) is 0 Å². The highest BCUT2D eigenvalue weighted by atomic mass is 31.2. The molecule has 0 heterocycles. The second-order valence-electron chi connectivity index (χ2n) is 12.0. The minimum atomic E-state index is -4.41. The van der Waals surface area contributed by atoms with Crippen molar-refractivity contribution in [3.8, 4) is 0 Å². The molecule has 2 atom stereocenters. The third-order valence-corrected chi connectivity index (χ3v) is 8.14. The van der Waals surface area contributed by atoms with E-state index in [1.165, 1.54) is 0 Å². The minimum absolute atomic E-state index is 0.0319. The van der Waals surface area contributed by atoms with E-state index < -0.39 is 32.5 Å². The highest BCUT2D eigenvalue weighted by molar-refractivity contribution is 7.47. The third-order valence-electron chi connectivity index (χ3n) is 7.15. The molecule has 0 saturated carbocycles. The fourth-order valence-corrected chi connectivity index (χ4v) is 5.13. The average molecular weight is 758 g/mol. The molecule has 3 N–H and O–H groups in total. The van der Waals surface area contributed by atoms with Crippen LogP contribution in [0.3, 0.4) is 0 Å². The summed E-state index contributed by atoms with van der Waals surface area (Å²) in [5, 5.41) is 0. The first-order valence-corrected chi connectivity index (χ1v) is 20.9. The van der Waals surface area contributed by atoms with Crippen molar-refractivity contribution in [2.75, 3.05) is 26.4 Å². The van der Waals surface area contributed by atoms with Gasteiger partial charge >= 0.3 is 19.8 Å². The molecule has 0 bridgehead atoms. The number of carbonyl (C=O) groups excluding carboxylic acids is 2. The molecular weight excluding hydrogens is 689 g/mol. The smallest absolute Gasteiger partial charge is 0.462 e. The molecule has 2 unspecified atom stereocenters. The second kappa shape index (κ2) is 38.4. The van der Waals surface area contributed by atoms with E-state index in [0.29, 0.717) is 19.3 Å². The molecule has 0 aromatic carbocycles. The van der Waals surface area contributed by atoms with Crippen molar-refractivity contribution in [2.24, 2.45) is 5.73 Å². The van der Waals surface area contributed by atoms with Crippen LogP contribution in [0.5, 0.6) is 0 Å². The van der Waals surface area contributed by atoms with E-state index in [4.69, 9.17) is 24.3 Å². The number of carbonyl (C=O) groups is 2. The Hall–Kier alpha value is -3.33. The summed E-state index contributed by atoms with van der Waals surface area (Å²) in [4.78, 5) is 34.7. The summed E-state index contributed by atoms with van der Waals surface area (Å²) in [5.41, 5.74) is 5.33. The first-order chi connectivity index (χ1) is 25.8. The molecule has 9 nitrogen and oxygen atoms in total. The van der Waals surface area contributed by atoms with E-state index >= 15 is 0 Å². The molecule has 0 aliphatic carbocycles. The third kappa shape index (κ3) is 38.2. The summed E-state index contributed by atoms with van der Waals surface area (Å²) in [6.45, 7) is 3.34. The Morgan fingerprint density at radius 3 is 1.43 bits per heavy atom. The summed E-state index contributed by atoms with van der Waals surface area (Å²) < 4.78 is 32.6. The van der Waals surface area contributed by atoms with Gasteiger partial charge in [-0.3, -0.25) is 18.6 Å². The normalized spacial score (nSPS) is 14.6. The number of hydrogen-bond acceptors (Lipinski definition) is 8. The predicted octanol–water partition coefficient (Wildman–Crippen LogP) is 10.8. The van der Waals surface area contributed by atoms with Gasteiger partial charge in [-0.25, -0.2) is 4.57 Å². The number of phosphoric ester groups is 1. The quantitative estimate of drug-likeness (QED) is 0.0285. The monoisotopic (exact) mass is 757 g/mol. The van der Waals surface area contributed by atoms with Gasteiger partial charge in [-0.2, -0.15) is 0 Å². The summed E-state index contributed by atoms with van der Waals surface area (Å²) in [6.07, 6.45) is 49.9. The lowest BCUT2D eigenvalue weighted by atomic mass is 10.2. The Morgan fingerprint density at radius 1 is 0.566 bits per heavy atom. The van der Waals surface area contributed by atoms with Crippen LogP contribution >= 0.6 is 7.82 Å². The van der Waals surface area contributed by atoms with Crippen LogP contribution in [0.25, 0.3) is 0 Å². The van der Waals surface area contributed by atoms with Crippen LogP contribution in [0, 0.1) is 0 Å². The van der Waals surface area contributed by atoms with E-state index in [1.54, 1.807) is 0 Å². The van der Waals surface area contributed by atoms with Gasteiger partial charge < -0.3 is 20.1 Å². The molecule has 53 heavy (non-hydrogen) atoms. The number of unbranched alkanes of at least 4 members (excludes halogenated alkanes) is 3. The Bertz CT molecular complexity index is 1230. The Balaban J connectivity index is 4.42. The van der Waals surface area contributed by atoms with Crippen molar-refractivity contribution in [1.29, 1.82) is 0 Å². The lowest BCUT2D eigenvalue weighted by Gasteiger charge is -2.19. The van der Waals surface area contributed by atoms with Crippen molar-refractivity contribution >= 4 is 19.8 Å². The Morgan fingerprint density at radius 2 is 0.981 bits per heavy atom. The number of allylic oxidation sites excluding steroid dienone is 18. The molecular formula is C43H68NO8P. The van der Waals surface area contributed by atoms with Gasteiger partial charge in [0.05, 0.1) is 13.2 Å². The predicted molar refractivity (Wildman–Crippen MR) is 219 cm³/mol. The molecule has 0 aliphatic heterocycles. The fourth-order valence-electron chi connectivity index (χ4n) is 4.36. The van der Waals surface area contributed by atoms with Gasteiger partial charge in [0, 0.05) is 19.4 Å². The van der Waals surface area contributed by atoms with Gasteiger partial charge in [0.25, 0.3) is 0 Å². The number of phosphoric acid groups is 1. The van der Waals surface area contributed by atoms with Crippen molar-refractivity contribution in [1.82, 2.24) is 0 Å². The zero-order valence-electron chi connectivity index (χ0n) is 32.4. The average Bonchev–Trinajstić information content (AvgIpc) is 3.14. The second-order valence-corrected chi connectivity index (χ2v) is 13.5. The zero-order chi connectivity index (χ0) is 38.9. The van der Waals surface area contributed by atoms with Crippen molar-refractivity contribution < 1.29 is 37.6 Å². The minimum Gasteiger partial charge on any atom is -0.462 e. The maximum atomic E-state index is 12.5. The first kappa shape index (κ1) is 49.7. The summed E-state index contributed by atoms with van der Waals surface area (Å²) in [6, 6.07) is 0. The number of rotatable bonds is 34. The molecule has 0 amide bonds. The number of hydrogen-bond donors (Lipinski definition) is 2. The molecule has 0 fully saturated rings. The van der Waals surface area contributed by atoms with E-state index in [0.717, 1.165) is 70.6 Å². The van der Waals surface area contributed by atoms with Crippen LogP contribution in [-0.2, 0) is 32.7 Å². The molecule has 0 spiro atoms. The Kier molecular flexibility index (Phi) is 36.0. The molecule has 0 aromatic rings. The number of ether oxygens (including phenoxy) is 2. The van der Waals surface area contributed by atoms with Gasteiger partial charge in [-0.1, -0.05) is 123 Å². The van der Waals surface area contributed by atoms with E-state index in [-0.39, 0.29) is 32.6 Å². The largest absolute Gasteiger partial charge is 0.472 e. The first-order valence-electron chi connectivity index (χ1n) is 19.4. The molecule has 0 rings (SSSR count). The molecule has 0 aliphatic rings. The van der Waals surface area contributed by atoms with Gasteiger partial charge in [-0.05, 0) is 89.9 Å². The fraction of sp³-hybridized carbons (Fsp3) is 0.535. The van der Waals surface area contributed by atoms with Gasteiger partial charge in [0.1, 0.15) is 6.61 Å². The summed E-state index contributed by atoms with van der Waals surface area (Å²) in [7, 11) is -4.41. The molecule has 10 heteroatoms. The molecule has 0 saturated heterocycles. The number of esters is 2. The molecule has 0 radical (unpaired) electrons. The van der Waals surface area contributed by atoms with Crippen LogP contribution < -0.4 is 5.73 Å². The lowest BCUT2D eigenvalue weighted by molar-refractivity contribution is -0.161. The van der Waals surface area contributed by atoms with E-state index in [2.05, 4.69) is 117 Å². The zero-order valence-corrected chi connectivity index (χ0v) is 33.3. The van der Waals surface area contributed by atoms with Crippen LogP contribution in [0.15, 0.2) is 109 Å². The highest BCUT2D eigenvalue weighted by Crippen LogP contribution is 2.43. The van der Waals surface area contributed by atoms with Crippen LogP contribution in [0.2, 0.25) is 0 Å². The van der Waals surface area contributed by atoms with Crippen molar-refractivity contribution in [2.45, 2.75) is 123 Å². The molecule has 0 aromatic heterocycles. The van der Waals surface area contributed by atoms with Crippen LogP contribution in [0.4, 0.5) is 0 Å². The van der Waals surface area contributed by atoms with Crippen molar-refractivity contribution in [3.05, 3.63) is 109 Å². The standard InChI is InChI=1S/C43H68NO8P/c1-3-5-7-9-11-13-15-17-19-20-22-24-26-28-30-32-34-36-43(46)52-41(40-51-53(47,48)50-38-37-44)39-49-42(45)35-33-31-29-27-25-23-21-18-16-14-12-10-8-6-4-2/h5-8,11-14,17-19,21-22,24-25,27-28,30,41H,3-4,9-10,15-16,20,23,26,29,31-40,44H2,1-2H3,(H,47,48)/b7-5-,8-6-,13-11-,14-12-,19-17-,21-18-,24-22-,27-25-,30-28-. The summed E-state index contributed by atoms with van der Waals surface area (Å²) in [5.74, 6) is -0.961. The summed E-state index contributed by atoms with van der Waals surface area (Å²) >= 11 is 0. The van der Waals surface area contributed by atoms with Gasteiger partial charge in [-0.15, -0.1) is 0 Å². The van der Waals surface area contributed by atoms with Crippen LogP contribution in [-0.4, -0.2) is 49.3 Å². The maximum Gasteiger partial charge on any atom is 0.472 e. The SMILES string of the molecule is CC/C=C\C/C=C\C/C=C\C/C=C\C/C=C\CCCC(=O)OC(COC(=O)CCCC/C=C\C/C=C\C/C=C\C/C=C\CC)COP(=O)(O)OCCN.